The van der Waals surface area contributed by atoms with Crippen molar-refractivity contribution in [3.05, 3.63) is 57.0 Å². The van der Waals surface area contributed by atoms with E-state index < -0.39 is 0 Å². The van der Waals surface area contributed by atoms with Gasteiger partial charge in [-0.2, -0.15) is 0 Å². The topological polar surface area (TPSA) is 30.5 Å². The van der Waals surface area contributed by atoms with E-state index in [2.05, 4.69) is 41.2 Å². The van der Waals surface area contributed by atoms with Crippen LogP contribution in [0.3, 0.4) is 0 Å². The third-order valence-corrected chi connectivity index (χ3v) is 4.92. The van der Waals surface area contributed by atoms with E-state index in [9.17, 15) is 0 Å². The zero-order valence-electron chi connectivity index (χ0n) is 15.4. The molecule has 0 aliphatic rings. The van der Waals surface area contributed by atoms with Gasteiger partial charge in [0.25, 0.3) is 0 Å². The fraction of sp³-hybridized carbons (Fsp3) is 0.400. The van der Waals surface area contributed by atoms with E-state index in [1.807, 2.05) is 37.3 Å². The molecule has 0 aliphatic heterocycles. The quantitative estimate of drug-likeness (QED) is 0.468. The molecule has 0 aliphatic carbocycles. The van der Waals surface area contributed by atoms with Crippen molar-refractivity contribution < 1.29 is 9.47 Å². The second-order valence-corrected chi connectivity index (χ2v) is 7.17. The zero-order chi connectivity index (χ0) is 18.2. The third kappa shape index (κ3) is 6.66. The first-order chi connectivity index (χ1) is 12.0. The van der Waals surface area contributed by atoms with Gasteiger partial charge in [-0.15, -0.1) is 12.4 Å². The average Bonchev–Trinajstić information content (AvgIpc) is 2.60. The smallest absolute Gasteiger partial charge is 0.175 e. The third-order valence-electron chi connectivity index (χ3n) is 3.97. The first-order valence-electron chi connectivity index (χ1n) is 8.59. The van der Waals surface area contributed by atoms with E-state index in [0.717, 1.165) is 34.3 Å². The molecule has 2 rings (SSSR count). The Kier molecular flexibility index (Phi) is 10.4. The van der Waals surface area contributed by atoms with Crippen LogP contribution in [0.4, 0.5) is 0 Å². The van der Waals surface area contributed by atoms with E-state index >= 15 is 0 Å². The van der Waals surface area contributed by atoms with Crippen LogP contribution in [0.25, 0.3) is 0 Å². The largest absolute Gasteiger partial charge is 0.490 e. The lowest BCUT2D eigenvalue weighted by Gasteiger charge is -2.17. The lowest BCUT2D eigenvalue weighted by molar-refractivity contribution is 0.267. The highest BCUT2D eigenvalue weighted by Gasteiger charge is 2.13. The molecule has 0 amide bonds. The molecule has 1 N–H and O–H groups in total. The van der Waals surface area contributed by atoms with Crippen molar-refractivity contribution in [1.29, 1.82) is 0 Å². The highest BCUT2D eigenvalue weighted by Crippen LogP contribution is 2.37. The van der Waals surface area contributed by atoms with Crippen LogP contribution in [0.15, 0.2) is 40.9 Å². The molecule has 2 aromatic carbocycles. The number of halogens is 3. The lowest BCUT2D eigenvalue weighted by atomic mass is 10.1. The second kappa shape index (κ2) is 11.7. The molecule has 0 saturated carbocycles. The molecule has 0 heterocycles. The summed E-state index contributed by atoms with van der Waals surface area (Å²) in [4.78, 5) is 0. The molecule has 144 valence electrons. The zero-order valence-corrected chi connectivity index (χ0v) is 18.5. The van der Waals surface area contributed by atoms with Crippen molar-refractivity contribution in [2.24, 2.45) is 0 Å². The second-order valence-electron chi connectivity index (χ2n) is 5.91. The van der Waals surface area contributed by atoms with Gasteiger partial charge >= 0.3 is 0 Å². The number of hydrogen-bond acceptors (Lipinski definition) is 3. The Morgan fingerprint density at radius 2 is 1.88 bits per heavy atom. The van der Waals surface area contributed by atoms with E-state index in [1.165, 1.54) is 0 Å². The fourth-order valence-electron chi connectivity index (χ4n) is 2.33. The Bertz CT molecular complexity index is 698. The maximum atomic E-state index is 6.21. The van der Waals surface area contributed by atoms with Gasteiger partial charge < -0.3 is 14.8 Å². The van der Waals surface area contributed by atoms with E-state index in [-0.39, 0.29) is 12.4 Å². The Labute approximate surface area is 176 Å². The molecule has 26 heavy (non-hydrogen) atoms. The van der Waals surface area contributed by atoms with Gasteiger partial charge in [-0.1, -0.05) is 36.7 Å². The molecule has 0 spiro atoms. The van der Waals surface area contributed by atoms with Crippen LogP contribution in [0, 0.1) is 0 Å². The van der Waals surface area contributed by atoms with Crippen molar-refractivity contribution in [1.82, 2.24) is 5.32 Å². The molecular formula is C20H26BrCl2NO2. The van der Waals surface area contributed by atoms with Crippen LogP contribution >= 0.6 is 39.9 Å². The summed E-state index contributed by atoms with van der Waals surface area (Å²) in [7, 11) is 0. The highest BCUT2D eigenvalue weighted by molar-refractivity contribution is 9.10. The van der Waals surface area contributed by atoms with Crippen LogP contribution in [0.5, 0.6) is 11.5 Å². The predicted octanol–water partition coefficient (Wildman–Crippen LogP) is 6.39. The first kappa shape index (κ1) is 23.1. The molecule has 0 aromatic heterocycles. The monoisotopic (exact) mass is 461 g/mol. The van der Waals surface area contributed by atoms with Gasteiger partial charge in [-0.25, -0.2) is 0 Å². The summed E-state index contributed by atoms with van der Waals surface area (Å²) in [5.41, 5.74) is 2.10. The van der Waals surface area contributed by atoms with Crippen molar-refractivity contribution in [2.75, 3.05) is 6.61 Å². The van der Waals surface area contributed by atoms with Crippen molar-refractivity contribution >= 4 is 39.9 Å². The molecular weight excluding hydrogens is 437 g/mol. The molecule has 1 unspecified atom stereocenters. The summed E-state index contributed by atoms with van der Waals surface area (Å²) in [6.07, 6.45) is 1.10. The van der Waals surface area contributed by atoms with Gasteiger partial charge in [-0.05, 0) is 60.0 Å². The van der Waals surface area contributed by atoms with Crippen LogP contribution in [0.2, 0.25) is 5.02 Å². The molecule has 1 atom stereocenters. The Balaban J connectivity index is 0.00000338. The van der Waals surface area contributed by atoms with E-state index in [1.54, 1.807) is 0 Å². The standard InChI is InChI=1S/C20H25BrClNO2.ClH/c1-4-14(3)23-12-15-10-17(21)20(19(11-15)24-5-2)25-13-16-8-6-7-9-18(16)22;/h6-11,14,23H,4-5,12-13H2,1-3H3;1H. The molecule has 0 fully saturated rings. The Morgan fingerprint density at radius 3 is 2.54 bits per heavy atom. The summed E-state index contributed by atoms with van der Waals surface area (Å²) >= 11 is 9.83. The van der Waals surface area contributed by atoms with Crippen LogP contribution < -0.4 is 14.8 Å². The summed E-state index contributed by atoms with van der Waals surface area (Å²) in [5.74, 6) is 1.44. The molecule has 0 saturated heterocycles. The number of nitrogens with one attached hydrogen (secondary N) is 1. The Morgan fingerprint density at radius 1 is 1.15 bits per heavy atom. The first-order valence-corrected chi connectivity index (χ1v) is 9.77. The van der Waals surface area contributed by atoms with Gasteiger partial charge in [0.15, 0.2) is 11.5 Å². The molecule has 0 bridgehead atoms. The predicted molar refractivity (Wildman–Crippen MR) is 115 cm³/mol. The number of benzene rings is 2. The maximum Gasteiger partial charge on any atom is 0.175 e. The average molecular weight is 463 g/mol. The number of hydrogen-bond donors (Lipinski definition) is 1. The maximum absolute atomic E-state index is 6.21. The molecule has 2 aromatic rings. The van der Waals surface area contributed by atoms with Crippen LogP contribution in [0.1, 0.15) is 38.3 Å². The molecule has 6 heteroatoms. The Hall–Kier alpha value is -0.940. The van der Waals surface area contributed by atoms with E-state index in [4.69, 9.17) is 21.1 Å². The van der Waals surface area contributed by atoms with Gasteiger partial charge in [-0.3, -0.25) is 0 Å². The minimum absolute atomic E-state index is 0. The van der Waals surface area contributed by atoms with Gasteiger partial charge in [0.05, 0.1) is 11.1 Å². The minimum Gasteiger partial charge on any atom is -0.490 e. The van der Waals surface area contributed by atoms with Gasteiger partial charge in [0.2, 0.25) is 0 Å². The van der Waals surface area contributed by atoms with Crippen LogP contribution in [-0.2, 0) is 13.2 Å². The van der Waals surface area contributed by atoms with Gasteiger partial charge in [0, 0.05) is 23.2 Å². The molecule has 0 radical (unpaired) electrons. The lowest BCUT2D eigenvalue weighted by Crippen LogP contribution is -2.24. The van der Waals surface area contributed by atoms with Crippen molar-refractivity contribution in [3.63, 3.8) is 0 Å². The normalized spacial score (nSPS) is 11.6. The summed E-state index contributed by atoms with van der Waals surface area (Å²) in [6.45, 7) is 8.08. The number of rotatable bonds is 9. The number of ether oxygens (including phenoxy) is 2. The summed E-state index contributed by atoms with van der Waals surface area (Å²) in [5, 5.41) is 4.20. The molecule has 3 nitrogen and oxygen atoms in total. The highest BCUT2D eigenvalue weighted by atomic mass is 79.9. The SMILES string of the molecule is CCOc1cc(CNC(C)CC)cc(Br)c1OCc1ccccc1Cl.Cl. The van der Waals surface area contributed by atoms with Crippen molar-refractivity contribution in [2.45, 2.75) is 46.4 Å². The minimum atomic E-state index is 0. The van der Waals surface area contributed by atoms with E-state index in [0.29, 0.717) is 30.0 Å². The van der Waals surface area contributed by atoms with Gasteiger partial charge in [0.1, 0.15) is 6.61 Å². The summed E-state index contributed by atoms with van der Waals surface area (Å²) in [6, 6.07) is 12.3. The fourth-order valence-corrected chi connectivity index (χ4v) is 3.12. The van der Waals surface area contributed by atoms with Crippen LogP contribution in [-0.4, -0.2) is 12.6 Å². The summed E-state index contributed by atoms with van der Waals surface area (Å²) < 4.78 is 12.7. The van der Waals surface area contributed by atoms with Crippen molar-refractivity contribution in [3.8, 4) is 11.5 Å².